The van der Waals surface area contributed by atoms with Gasteiger partial charge >= 0.3 is 0 Å². The zero-order valence-electron chi connectivity index (χ0n) is 10.8. The van der Waals surface area contributed by atoms with Crippen LogP contribution in [-0.2, 0) is 0 Å². The van der Waals surface area contributed by atoms with Gasteiger partial charge in [0.05, 0.1) is 10.2 Å². The van der Waals surface area contributed by atoms with Crippen LogP contribution in [0.5, 0.6) is 0 Å². The zero-order valence-corrected chi connectivity index (χ0v) is 12.5. The van der Waals surface area contributed by atoms with E-state index in [0.29, 0.717) is 0 Å². The molecule has 3 aromatic rings. The van der Waals surface area contributed by atoms with Gasteiger partial charge in [0, 0.05) is 10.9 Å². The number of thiazole rings is 1. The Labute approximate surface area is 124 Å². The van der Waals surface area contributed by atoms with E-state index in [-0.39, 0.29) is 11.9 Å². The molecule has 102 valence electrons. The van der Waals surface area contributed by atoms with Gasteiger partial charge in [0.15, 0.2) is 4.34 Å². The second-order valence-electron chi connectivity index (χ2n) is 4.52. The molecule has 0 radical (unpaired) electrons. The maximum atomic E-state index is 13.3. The fraction of sp³-hybridized carbons (Fsp3) is 0.133. The Morgan fingerprint density at radius 3 is 2.80 bits per heavy atom. The summed E-state index contributed by atoms with van der Waals surface area (Å²) < 4.78 is 15.4. The molecule has 0 aliphatic rings. The first-order valence-corrected chi connectivity index (χ1v) is 7.85. The van der Waals surface area contributed by atoms with Crippen molar-refractivity contribution in [3.05, 3.63) is 53.8 Å². The first-order valence-electron chi connectivity index (χ1n) is 6.22. The minimum absolute atomic E-state index is 0.206. The highest BCUT2D eigenvalue weighted by Gasteiger charge is 2.12. The summed E-state index contributed by atoms with van der Waals surface area (Å²) in [7, 11) is 0. The quantitative estimate of drug-likeness (QED) is 0.768. The lowest BCUT2D eigenvalue weighted by atomic mass is 10.1. The molecule has 3 rings (SSSR count). The van der Waals surface area contributed by atoms with Crippen molar-refractivity contribution in [1.82, 2.24) is 4.98 Å². The summed E-state index contributed by atoms with van der Waals surface area (Å²) >= 11 is 3.17. The Morgan fingerprint density at radius 2 is 2.05 bits per heavy atom. The number of hydrogen-bond acceptors (Lipinski definition) is 4. The van der Waals surface area contributed by atoms with Crippen LogP contribution in [0.4, 0.5) is 4.39 Å². The second kappa shape index (κ2) is 5.52. The van der Waals surface area contributed by atoms with Crippen LogP contribution < -0.4 is 5.73 Å². The first-order chi connectivity index (χ1) is 9.63. The molecule has 2 aromatic carbocycles. The minimum Gasteiger partial charge on any atom is -0.324 e. The molecule has 0 aliphatic carbocycles. The van der Waals surface area contributed by atoms with Gasteiger partial charge < -0.3 is 5.73 Å². The fourth-order valence-corrected chi connectivity index (χ4v) is 4.19. The SMILES string of the molecule is C[C@H](N)c1cc(F)ccc1Sc1nc2ccccc2s1. The fourth-order valence-electron chi connectivity index (χ4n) is 1.96. The molecule has 0 saturated heterocycles. The predicted octanol–water partition coefficient (Wildman–Crippen LogP) is 4.61. The van der Waals surface area contributed by atoms with Crippen LogP contribution in [0.2, 0.25) is 0 Å². The lowest BCUT2D eigenvalue weighted by Crippen LogP contribution is -2.06. The standard InChI is InChI=1S/C15H13FN2S2/c1-9(17)11-8-10(16)6-7-13(11)19-15-18-12-4-2-3-5-14(12)20-15/h2-9H,17H2,1H3/t9-/m0/s1. The Bertz CT molecular complexity index is 719. The largest absolute Gasteiger partial charge is 0.324 e. The molecular weight excluding hydrogens is 291 g/mol. The summed E-state index contributed by atoms with van der Waals surface area (Å²) in [5.41, 5.74) is 7.72. The van der Waals surface area contributed by atoms with Gasteiger partial charge in [0.1, 0.15) is 5.82 Å². The van der Waals surface area contributed by atoms with Gasteiger partial charge in [-0.25, -0.2) is 9.37 Å². The number of aromatic nitrogens is 1. The highest BCUT2D eigenvalue weighted by Crippen LogP contribution is 2.37. The third-order valence-corrected chi connectivity index (χ3v) is 5.12. The number of benzene rings is 2. The molecule has 0 aliphatic heterocycles. The van der Waals surface area contributed by atoms with E-state index in [0.717, 1.165) is 25.0 Å². The van der Waals surface area contributed by atoms with Crippen molar-refractivity contribution in [2.24, 2.45) is 5.73 Å². The van der Waals surface area contributed by atoms with Gasteiger partial charge in [0.25, 0.3) is 0 Å². The number of para-hydroxylation sites is 1. The van der Waals surface area contributed by atoms with Crippen LogP contribution >= 0.6 is 23.1 Å². The lowest BCUT2D eigenvalue weighted by Gasteiger charge is -2.11. The normalized spacial score (nSPS) is 12.8. The molecule has 1 aromatic heterocycles. The van der Waals surface area contributed by atoms with E-state index in [1.165, 1.54) is 23.9 Å². The van der Waals surface area contributed by atoms with Gasteiger partial charge in [0.2, 0.25) is 0 Å². The van der Waals surface area contributed by atoms with E-state index in [9.17, 15) is 4.39 Å². The molecule has 0 spiro atoms. The van der Waals surface area contributed by atoms with E-state index in [1.54, 1.807) is 17.4 Å². The molecule has 0 unspecified atom stereocenters. The van der Waals surface area contributed by atoms with Crippen molar-refractivity contribution in [3.8, 4) is 0 Å². The Balaban J connectivity index is 1.98. The Kier molecular flexibility index (Phi) is 3.74. The van der Waals surface area contributed by atoms with Crippen molar-refractivity contribution < 1.29 is 4.39 Å². The number of hydrogen-bond donors (Lipinski definition) is 1. The van der Waals surface area contributed by atoms with Crippen molar-refractivity contribution in [1.29, 1.82) is 0 Å². The maximum Gasteiger partial charge on any atom is 0.155 e. The average Bonchev–Trinajstić information content (AvgIpc) is 2.82. The van der Waals surface area contributed by atoms with Gasteiger partial charge in [-0.3, -0.25) is 0 Å². The maximum absolute atomic E-state index is 13.3. The zero-order chi connectivity index (χ0) is 14.1. The van der Waals surface area contributed by atoms with Crippen LogP contribution in [-0.4, -0.2) is 4.98 Å². The summed E-state index contributed by atoms with van der Waals surface area (Å²) in [6.45, 7) is 1.86. The second-order valence-corrected chi connectivity index (χ2v) is 6.84. The molecular formula is C15H13FN2S2. The van der Waals surface area contributed by atoms with Crippen molar-refractivity contribution in [2.75, 3.05) is 0 Å². The van der Waals surface area contributed by atoms with Crippen molar-refractivity contribution in [3.63, 3.8) is 0 Å². The van der Waals surface area contributed by atoms with Gasteiger partial charge in [-0.15, -0.1) is 11.3 Å². The summed E-state index contributed by atoms with van der Waals surface area (Å²) in [6, 6.07) is 12.5. The summed E-state index contributed by atoms with van der Waals surface area (Å²) in [4.78, 5) is 5.54. The third-order valence-electron chi connectivity index (χ3n) is 2.93. The summed E-state index contributed by atoms with van der Waals surface area (Å²) in [5, 5.41) is 0. The van der Waals surface area contributed by atoms with E-state index in [4.69, 9.17) is 5.73 Å². The Morgan fingerprint density at radius 1 is 1.25 bits per heavy atom. The number of rotatable bonds is 3. The minimum atomic E-state index is -0.258. The lowest BCUT2D eigenvalue weighted by molar-refractivity contribution is 0.619. The average molecular weight is 304 g/mol. The van der Waals surface area contributed by atoms with Crippen LogP contribution in [0.15, 0.2) is 51.7 Å². The monoisotopic (exact) mass is 304 g/mol. The number of nitrogens with zero attached hydrogens (tertiary/aromatic N) is 1. The number of fused-ring (bicyclic) bond motifs is 1. The molecule has 0 fully saturated rings. The summed E-state index contributed by atoms with van der Waals surface area (Å²) in [6.07, 6.45) is 0. The third kappa shape index (κ3) is 2.70. The van der Waals surface area contributed by atoms with Gasteiger partial charge in [-0.05, 0) is 42.8 Å². The van der Waals surface area contributed by atoms with E-state index in [1.807, 2.05) is 31.2 Å². The van der Waals surface area contributed by atoms with Crippen molar-refractivity contribution >= 4 is 33.3 Å². The van der Waals surface area contributed by atoms with Gasteiger partial charge in [-0.2, -0.15) is 0 Å². The number of nitrogens with two attached hydrogens (primary N) is 1. The smallest absolute Gasteiger partial charge is 0.155 e. The van der Waals surface area contributed by atoms with E-state index >= 15 is 0 Å². The Hall–Kier alpha value is -1.43. The van der Waals surface area contributed by atoms with Crippen LogP contribution in [0, 0.1) is 5.82 Å². The molecule has 1 heterocycles. The van der Waals surface area contributed by atoms with Crippen LogP contribution in [0.3, 0.4) is 0 Å². The van der Waals surface area contributed by atoms with Crippen LogP contribution in [0.25, 0.3) is 10.2 Å². The number of halogens is 1. The molecule has 2 N–H and O–H groups in total. The first kappa shape index (κ1) is 13.5. The predicted molar refractivity (Wildman–Crippen MR) is 82.7 cm³/mol. The molecule has 0 amide bonds. The van der Waals surface area contributed by atoms with Crippen LogP contribution in [0.1, 0.15) is 18.5 Å². The molecule has 5 heteroatoms. The van der Waals surface area contributed by atoms with Gasteiger partial charge in [-0.1, -0.05) is 23.9 Å². The molecule has 0 bridgehead atoms. The topological polar surface area (TPSA) is 38.9 Å². The van der Waals surface area contributed by atoms with E-state index < -0.39 is 0 Å². The molecule has 0 saturated carbocycles. The van der Waals surface area contributed by atoms with E-state index in [2.05, 4.69) is 4.98 Å². The molecule has 1 atom stereocenters. The molecule has 20 heavy (non-hydrogen) atoms. The highest BCUT2D eigenvalue weighted by atomic mass is 32.2. The molecule has 2 nitrogen and oxygen atoms in total. The summed E-state index contributed by atoms with van der Waals surface area (Å²) in [5.74, 6) is -0.258. The van der Waals surface area contributed by atoms with Crippen molar-refractivity contribution in [2.45, 2.75) is 22.2 Å². The highest BCUT2D eigenvalue weighted by molar-refractivity contribution is 8.01.